The van der Waals surface area contributed by atoms with E-state index in [9.17, 15) is 5.11 Å². The quantitative estimate of drug-likeness (QED) is 0.874. The van der Waals surface area contributed by atoms with Crippen molar-refractivity contribution in [2.45, 2.75) is 12.3 Å². The molecule has 1 heterocycles. The van der Waals surface area contributed by atoms with E-state index in [1.54, 1.807) is 11.3 Å². The van der Waals surface area contributed by atoms with Gasteiger partial charge in [-0.2, -0.15) is 0 Å². The number of rotatable bonds is 3. The van der Waals surface area contributed by atoms with Crippen LogP contribution < -0.4 is 5.73 Å². The Morgan fingerprint density at radius 2 is 2.54 bits per heavy atom. The Kier molecular flexibility index (Phi) is 2.49. The molecular formula is C9H12BrNOS. The predicted molar refractivity (Wildman–Crippen MR) is 58.0 cm³/mol. The number of aliphatic hydroxyl groups is 1. The largest absolute Gasteiger partial charge is 0.396 e. The fraction of sp³-hybridized carbons (Fsp3) is 0.556. The Morgan fingerprint density at radius 1 is 1.77 bits per heavy atom. The number of halogens is 1. The maximum absolute atomic E-state index is 9.21. The molecule has 0 spiro atoms. The lowest BCUT2D eigenvalue weighted by atomic mass is 10.0. The molecule has 72 valence electrons. The van der Waals surface area contributed by atoms with Crippen LogP contribution >= 0.6 is 27.3 Å². The highest BCUT2D eigenvalue weighted by atomic mass is 79.9. The maximum atomic E-state index is 9.21. The molecule has 0 amide bonds. The van der Waals surface area contributed by atoms with Crippen molar-refractivity contribution < 1.29 is 5.11 Å². The molecule has 2 nitrogen and oxygen atoms in total. The molecule has 0 bridgehead atoms. The Morgan fingerprint density at radius 3 is 2.92 bits per heavy atom. The first-order chi connectivity index (χ1) is 6.22. The molecule has 0 saturated heterocycles. The maximum Gasteiger partial charge on any atom is 0.0701 e. The summed E-state index contributed by atoms with van der Waals surface area (Å²) < 4.78 is 1.15. The van der Waals surface area contributed by atoms with Crippen molar-refractivity contribution in [1.29, 1.82) is 0 Å². The van der Waals surface area contributed by atoms with Gasteiger partial charge in [0.1, 0.15) is 0 Å². The summed E-state index contributed by atoms with van der Waals surface area (Å²) in [4.78, 5) is 0. The zero-order chi connectivity index (χ0) is 9.47. The molecule has 3 N–H and O–H groups in total. The summed E-state index contributed by atoms with van der Waals surface area (Å²) in [6.45, 7) is 0.795. The second-order valence-electron chi connectivity index (χ2n) is 3.67. The Balaban J connectivity index is 2.14. The zero-order valence-corrected chi connectivity index (χ0v) is 9.57. The summed E-state index contributed by atoms with van der Waals surface area (Å²) >= 11 is 5.12. The molecule has 1 aliphatic rings. The van der Waals surface area contributed by atoms with Gasteiger partial charge in [0, 0.05) is 12.0 Å². The van der Waals surface area contributed by atoms with Gasteiger partial charge in [0.2, 0.25) is 0 Å². The van der Waals surface area contributed by atoms with Gasteiger partial charge >= 0.3 is 0 Å². The van der Waals surface area contributed by atoms with Crippen molar-refractivity contribution in [2.24, 2.45) is 11.1 Å². The minimum atomic E-state index is -0.0134. The molecule has 2 atom stereocenters. The lowest BCUT2D eigenvalue weighted by Crippen LogP contribution is -2.21. The van der Waals surface area contributed by atoms with Crippen LogP contribution in [0, 0.1) is 5.41 Å². The smallest absolute Gasteiger partial charge is 0.0701 e. The molecule has 0 aliphatic heterocycles. The minimum absolute atomic E-state index is 0.0134. The van der Waals surface area contributed by atoms with Crippen LogP contribution in [0.5, 0.6) is 0 Å². The van der Waals surface area contributed by atoms with E-state index in [-0.39, 0.29) is 12.0 Å². The molecule has 13 heavy (non-hydrogen) atoms. The average Bonchev–Trinajstić information content (AvgIpc) is 2.74. The van der Waals surface area contributed by atoms with Crippen LogP contribution in [0.2, 0.25) is 0 Å². The summed E-state index contributed by atoms with van der Waals surface area (Å²) in [5.41, 5.74) is 6.95. The fourth-order valence-corrected chi connectivity index (χ4v) is 3.02. The van der Waals surface area contributed by atoms with Gasteiger partial charge in [-0.3, -0.25) is 0 Å². The SMILES string of the molecule is NCC1(CO)CC1c1csc(Br)c1. The first-order valence-corrected chi connectivity index (χ1v) is 5.94. The zero-order valence-electron chi connectivity index (χ0n) is 7.16. The summed E-state index contributed by atoms with van der Waals surface area (Å²) in [6.07, 6.45) is 1.03. The Bertz CT molecular complexity index is 308. The van der Waals surface area contributed by atoms with Crippen LogP contribution in [0.15, 0.2) is 15.2 Å². The van der Waals surface area contributed by atoms with E-state index in [0.717, 1.165) is 10.2 Å². The van der Waals surface area contributed by atoms with Crippen LogP contribution in [0.1, 0.15) is 17.9 Å². The van der Waals surface area contributed by atoms with Gasteiger partial charge in [0.05, 0.1) is 10.4 Å². The van der Waals surface area contributed by atoms with Gasteiger partial charge < -0.3 is 10.8 Å². The van der Waals surface area contributed by atoms with Gasteiger partial charge in [-0.15, -0.1) is 11.3 Å². The van der Waals surface area contributed by atoms with Crippen LogP contribution in [-0.4, -0.2) is 18.3 Å². The molecule has 2 rings (SSSR count). The summed E-state index contributed by atoms with van der Waals surface area (Å²) in [6, 6.07) is 2.13. The second-order valence-corrected chi connectivity index (χ2v) is 5.96. The lowest BCUT2D eigenvalue weighted by molar-refractivity contribution is 0.212. The summed E-state index contributed by atoms with van der Waals surface area (Å²) in [7, 11) is 0. The van der Waals surface area contributed by atoms with Crippen molar-refractivity contribution in [3.05, 3.63) is 20.8 Å². The molecule has 1 aliphatic carbocycles. The molecule has 2 unspecified atom stereocenters. The summed E-state index contributed by atoms with van der Waals surface area (Å²) in [5, 5.41) is 11.3. The molecule has 1 aromatic rings. The number of nitrogens with two attached hydrogens (primary N) is 1. The van der Waals surface area contributed by atoms with Crippen molar-refractivity contribution in [3.63, 3.8) is 0 Å². The molecule has 0 aromatic carbocycles. The lowest BCUT2D eigenvalue weighted by Gasteiger charge is -2.09. The van der Waals surface area contributed by atoms with Crippen molar-refractivity contribution in [1.82, 2.24) is 0 Å². The van der Waals surface area contributed by atoms with E-state index in [1.165, 1.54) is 5.56 Å². The van der Waals surface area contributed by atoms with Gasteiger partial charge in [-0.1, -0.05) is 0 Å². The Hall–Kier alpha value is 0.100. The third-order valence-electron chi connectivity index (χ3n) is 2.90. The number of hydrogen-bond acceptors (Lipinski definition) is 3. The van der Waals surface area contributed by atoms with Crippen molar-refractivity contribution in [2.75, 3.05) is 13.2 Å². The van der Waals surface area contributed by atoms with E-state index in [4.69, 9.17) is 5.73 Å². The van der Waals surface area contributed by atoms with Gasteiger partial charge in [0.25, 0.3) is 0 Å². The number of aliphatic hydroxyl groups excluding tert-OH is 1. The van der Waals surface area contributed by atoms with E-state index < -0.39 is 0 Å². The molecule has 1 fully saturated rings. The van der Waals surface area contributed by atoms with Gasteiger partial charge in [-0.05, 0) is 45.3 Å². The monoisotopic (exact) mass is 261 g/mol. The third kappa shape index (κ3) is 1.56. The molecule has 4 heteroatoms. The molecular weight excluding hydrogens is 250 g/mol. The number of thiophene rings is 1. The van der Waals surface area contributed by atoms with E-state index in [0.29, 0.717) is 12.5 Å². The highest BCUT2D eigenvalue weighted by molar-refractivity contribution is 9.11. The van der Waals surface area contributed by atoms with Crippen LogP contribution in [0.3, 0.4) is 0 Å². The first-order valence-electron chi connectivity index (χ1n) is 4.27. The molecule has 1 aromatic heterocycles. The minimum Gasteiger partial charge on any atom is -0.396 e. The average molecular weight is 262 g/mol. The van der Waals surface area contributed by atoms with Gasteiger partial charge in [0.15, 0.2) is 0 Å². The van der Waals surface area contributed by atoms with Crippen LogP contribution in [0.25, 0.3) is 0 Å². The summed E-state index contributed by atoms with van der Waals surface area (Å²) in [5.74, 6) is 0.477. The highest BCUT2D eigenvalue weighted by Crippen LogP contribution is 2.59. The number of hydrogen-bond donors (Lipinski definition) is 2. The van der Waals surface area contributed by atoms with Crippen LogP contribution in [-0.2, 0) is 0 Å². The van der Waals surface area contributed by atoms with Crippen molar-refractivity contribution >= 4 is 27.3 Å². The predicted octanol–water partition coefficient (Wildman–Crippen LogP) is 1.94. The highest BCUT2D eigenvalue weighted by Gasteiger charge is 2.53. The van der Waals surface area contributed by atoms with Crippen molar-refractivity contribution in [3.8, 4) is 0 Å². The van der Waals surface area contributed by atoms with E-state index in [2.05, 4.69) is 27.4 Å². The second kappa shape index (κ2) is 3.35. The topological polar surface area (TPSA) is 46.2 Å². The normalized spacial score (nSPS) is 32.1. The third-order valence-corrected chi connectivity index (χ3v) is 4.42. The van der Waals surface area contributed by atoms with E-state index >= 15 is 0 Å². The Labute approximate surface area is 89.9 Å². The van der Waals surface area contributed by atoms with Gasteiger partial charge in [-0.25, -0.2) is 0 Å². The first kappa shape index (κ1) is 9.65. The molecule has 0 radical (unpaired) electrons. The standard InChI is InChI=1S/C9H12BrNOS/c10-8-1-6(3-13-8)7-2-9(7,4-11)5-12/h1,3,7,12H,2,4-5,11H2. The fourth-order valence-electron chi connectivity index (χ4n) is 1.79. The molecule has 1 saturated carbocycles. The van der Waals surface area contributed by atoms with Crippen LogP contribution in [0.4, 0.5) is 0 Å². The van der Waals surface area contributed by atoms with E-state index in [1.807, 2.05) is 0 Å².